The molecule has 2 aromatic carbocycles. The SMILES string of the molecule is Cc1cc(NC(=O)Nc2ccccc2CS(C)=O)c(C)c(C)c1O. The summed E-state index contributed by atoms with van der Waals surface area (Å²) in [5.74, 6) is 0.627. The van der Waals surface area contributed by atoms with Gasteiger partial charge in [0.25, 0.3) is 0 Å². The number of phenolic OH excluding ortho intramolecular Hbond substituents is 1. The zero-order chi connectivity index (χ0) is 17.9. The number of benzene rings is 2. The average molecular weight is 346 g/mol. The summed E-state index contributed by atoms with van der Waals surface area (Å²) < 4.78 is 11.5. The number of anilines is 2. The molecule has 128 valence electrons. The lowest BCUT2D eigenvalue weighted by Gasteiger charge is -2.15. The van der Waals surface area contributed by atoms with Gasteiger partial charge in [0.2, 0.25) is 0 Å². The number of amides is 2. The minimum absolute atomic E-state index is 0.245. The van der Waals surface area contributed by atoms with Crippen molar-refractivity contribution in [3.05, 3.63) is 52.6 Å². The Morgan fingerprint density at radius 1 is 1.08 bits per heavy atom. The number of nitrogens with one attached hydrogen (secondary N) is 2. The molecule has 0 aliphatic heterocycles. The van der Waals surface area contributed by atoms with Gasteiger partial charge in [0, 0.05) is 28.4 Å². The van der Waals surface area contributed by atoms with Crippen LogP contribution in [0.3, 0.4) is 0 Å². The van der Waals surface area contributed by atoms with Gasteiger partial charge in [0.05, 0.1) is 5.75 Å². The van der Waals surface area contributed by atoms with Crippen molar-refractivity contribution in [1.29, 1.82) is 0 Å². The Labute approximate surface area is 144 Å². The number of hydrogen-bond donors (Lipinski definition) is 3. The van der Waals surface area contributed by atoms with Gasteiger partial charge in [0.15, 0.2) is 0 Å². The molecule has 0 heterocycles. The monoisotopic (exact) mass is 346 g/mol. The molecule has 2 rings (SSSR count). The number of carbonyl (C=O) groups is 1. The zero-order valence-corrected chi connectivity index (χ0v) is 15.1. The third-order valence-electron chi connectivity index (χ3n) is 3.93. The van der Waals surface area contributed by atoms with E-state index in [4.69, 9.17) is 0 Å². The van der Waals surface area contributed by atoms with Crippen LogP contribution in [0, 0.1) is 20.8 Å². The van der Waals surface area contributed by atoms with E-state index in [0.717, 1.165) is 16.7 Å². The average Bonchev–Trinajstić information content (AvgIpc) is 2.52. The van der Waals surface area contributed by atoms with Crippen molar-refractivity contribution in [2.24, 2.45) is 0 Å². The van der Waals surface area contributed by atoms with E-state index in [1.165, 1.54) is 0 Å². The van der Waals surface area contributed by atoms with Crippen LogP contribution < -0.4 is 10.6 Å². The van der Waals surface area contributed by atoms with Gasteiger partial charge in [-0.25, -0.2) is 4.79 Å². The molecule has 0 bridgehead atoms. The number of aromatic hydroxyl groups is 1. The molecule has 24 heavy (non-hydrogen) atoms. The Morgan fingerprint density at radius 3 is 2.38 bits per heavy atom. The van der Waals surface area contributed by atoms with Gasteiger partial charge in [-0.3, -0.25) is 4.21 Å². The number of aryl methyl sites for hydroxylation is 1. The molecule has 0 saturated carbocycles. The molecule has 5 nitrogen and oxygen atoms in total. The topological polar surface area (TPSA) is 78.4 Å². The van der Waals surface area contributed by atoms with Crippen molar-refractivity contribution < 1.29 is 14.1 Å². The smallest absolute Gasteiger partial charge is 0.323 e. The molecule has 0 aromatic heterocycles. The van der Waals surface area contributed by atoms with Crippen molar-refractivity contribution in [3.63, 3.8) is 0 Å². The standard InChI is InChI=1S/C18H22N2O3S/c1-11-9-16(12(2)13(3)17(11)21)20-18(22)19-15-8-6-5-7-14(15)10-24(4)23/h5-9,21H,10H2,1-4H3,(H2,19,20,22). The maximum atomic E-state index is 12.3. The lowest BCUT2D eigenvalue weighted by Crippen LogP contribution is -2.21. The molecular weight excluding hydrogens is 324 g/mol. The van der Waals surface area contributed by atoms with Crippen LogP contribution >= 0.6 is 0 Å². The van der Waals surface area contributed by atoms with Crippen LogP contribution in [-0.2, 0) is 16.6 Å². The first-order valence-electron chi connectivity index (χ1n) is 7.55. The summed E-state index contributed by atoms with van der Waals surface area (Å²) in [6, 6.07) is 8.65. The van der Waals surface area contributed by atoms with E-state index in [0.29, 0.717) is 22.7 Å². The van der Waals surface area contributed by atoms with E-state index < -0.39 is 10.8 Å². The highest BCUT2D eigenvalue weighted by Gasteiger charge is 2.13. The summed E-state index contributed by atoms with van der Waals surface area (Å²) in [5.41, 5.74) is 4.37. The number of para-hydroxylation sites is 1. The molecule has 0 saturated heterocycles. The molecular formula is C18H22N2O3S. The summed E-state index contributed by atoms with van der Waals surface area (Å²) in [6.45, 7) is 5.45. The first-order chi connectivity index (χ1) is 11.3. The Kier molecular flexibility index (Phi) is 5.62. The van der Waals surface area contributed by atoms with Crippen LogP contribution in [0.5, 0.6) is 5.75 Å². The largest absolute Gasteiger partial charge is 0.507 e. The minimum atomic E-state index is -0.992. The van der Waals surface area contributed by atoms with Gasteiger partial charge in [0.1, 0.15) is 5.75 Å². The van der Waals surface area contributed by atoms with Crippen LogP contribution in [0.4, 0.5) is 16.2 Å². The molecule has 2 amide bonds. The van der Waals surface area contributed by atoms with Crippen LogP contribution in [-0.4, -0.2) is 21.6 Å². The maximum Gasteiger partial charge on any atom is 0.323 e. The molecule has 1 unspecified atom stereocenters. The maximum absolute atomic E-state index is 12.3. The zero-order valence-electron chi connectivity index (χ0n) is 14.3. The summed E-state index contributed by atoms with van der Waals surface area (Å²) in [4.78, 5) is 12.3. The fourth-order valence-electron chi connectivity index (χ4n) is 2.46. The van der Waals surface area contributed by atoms with Gasteiger partial charge < -0.3 is 15.7 Å². The van der Waals surface area contributed by atoms with Crippen LogP contribution in [0.25, 0.3) is 0 Å². The van der Waals surface area contributed by atoms with Crippen LogP contribution in [0.1, 0.15) is 22.3 Å². The first kappa shape index (κ1) is 18.0. The normalized spacial score (nSPS) is 11.8. The fraction of sp³-hybridized carbons (Fsp3) is 0.278. The van der Waals surface area contributed by atoms with Crippen molar-refractivity contribution in [1.82, 2.24) is 0 Å². The number of rotatable bonds is 4. The van der Waals surface area contributed by atoms with Crippen LogP contribution in [0.15, 0.2) is 30.3 Å². The van der Waals surface area contributed by atoms with E-state index in [1.807, 2.05) is 32.0 Å². The van der Waals surface area contributed by atoms with E-state index >= 15 is 0 Å². The van der Waals surface area contributed by atoms with Crippen molar-refractivity contribution >= 4 is 28.2 Å². The predicted octanol–water partition coefficient (Wildman–Crippen LogP) is 3.84. The first-order valence-corrected chi connectivity index (χ1v) is 9.28. The molecule has 0 fully saturated rings. The lowest BCUT2D eigenvalue weighted by molar-refractivity contribution is 0.262. The van der Waals surface area contributed by atoms with Gasteiger partial charge >= 0.3 is 6.03 Å². The molecule has 1 atom stereocenters. The highest BCUT2D eigenvalue weighted by Crippen LogP contribution is 2.30. The summed E-state index contributed by atoms with van der Waals surface area (Å²) in [7, 11) is -0.992. The molecule has 0 radical (unpaired) electrons. The quantitative estimate of drug-likeness (QED) is 0.736. The Morgan fingerprint density at radius 2 is 1.71 bits per heavy atom. The van der Waals surface area contributed by atoms with Gasteiger partial charge in [-0.05, 0) is 55.2 Å². The van der Waals surface area contributed by atoms with Gasteiger partial charge in [-0.2, -0.15) is 0 Å². The van der Waals surface area contributed by atoms with Gasteiger partial charge in [-0.15, -0.1) is 0 Å². The highest BCUT2D eigenvalue weighted by atomic mass is 32.2. The Hall–Kier alpha value is -2.34. The van der Waals surface area contributed by atoms with Crippen molar-refractivity contribution in [2.45, 2.75) is 26.5 Å². The van der Waals surface area contributed by atoms with E-state index in [2.05, 4.69) is 10.6 Å². The minimum Gasteiger partial charge on any atom is -0.507 e. The fourth-order valence-corrected chi connectivity index (χ4v) is 3.15. The number of phenols is 1. The van der Waals surface area contributed by atoms with Gasteiger partial charge in [-0.1, -0.05) is 18.2 Å². The molecule has 2 aromatic rings. The molecule has 0 aliphatic rings. The summed E-state index contributed by atoms with van der Waals surface area (Å²) >= 11 is 0. The number of hydrogen-bond acceptors (Lipinski definition) is 3. The highest BCUT2D eigenvalue weighted by molar-refractivity contribution is 7.83. The molecule has 0 spiro atoms. The summed E-state index contributed by atoms with van der Waals surface area (Å²) in [6.07, 6.45) is 1.63. The second-order valence-corrected chi connectivity index (χ2v) is 7.23. The van der Waals surface area contributed by atoms with E-state index in [-0.39, 0.29) is 11.8 Å². The van der Waals surface area contributed by atoms with E-state index in [1.54, 1.807) is 25.3 Å². The lowest BCUT2D eigenvalue weighted by atomic mass is 10.0. The Bertz CT molecular complexity index is 803. The molecule has 0 aliphatic carbocycles. The second-order valence-electron chi connectivity index (χ2n) is 5.79. The van der Waals surface area contributed by atoms with Crippen molar-refractivity contribution in [3.8, 4) is 5.75 Å². The van der Waals surface area contributed by atoms with E-state index in [9.17, 15) is 14.1 Å². The number of urea groups is 1. The van der Waals surface area contributed by atoms with Crippen LogP contribution in [0.2, 0.25) is 0 Å². The third-order valence-corrected chi connectivity index (χ3v) is 4.65. The third kappa shape index (κ3) is 4.14. The molecule has 6 heteroatoms. The Balaban J connectivity index is 2.20. The number of carbonyl (C=O) groups excluding carboxylic acids is 1. The summed E-state index contributed by atoms with van der Waals surface area (Å²) in [5, 5.41) is 15.6. The molecule has 3 N–H and O–H groups in total. The predicted molar refractivity (Wildman–Crippen MR) is 99.2 cm³/mol. The second kappa shape index (κ2) is 7.49. The van der Waals surface area contributed by atoms with Crippen molar-refractivity contribution in [2.75, 3.05) is 16.9 Å².